The Labute approximate surface area is 163 Å². The average Bonchev–Trinajstić information content (AvgIpc) is 3.05. The standard InChI is InChI=1S/C21H23N3O4/c1-11(2)15-10-14(20(25)27-5)22-19-17(16-12(3)8-7-9-13(16)4)18(21(26)28-6)23-24(15)19/h7-11H,1-6H3. The zero-order valence-corrected chi connectivity index (χ0v) is 16.9. The van der Waals surface area contributed by atoms with Crippen molar-refractivity contribution < 1.29 is 19.1 Å². The van der Waals surface area contributed by atoms with E-state index >= 15 is 0 Å². The number of carbonyl (C=O) groups is 2. The lowest BCUT2D eigenvalue weighted by Gasteiger charge is -2.12. The van der Waals surface area contributed by atoms with Crippen molar-refractivity contribution in [3.8, 4) is 11.1 Å². The van der Waals surface area contributed by atoms with Gasteiger partial charge in [-0.3, -0.25) is 0 Å². The number of esters is 2. The van der Waals surface area contributed by atoms with Gasteiger partial charge < -0.3 is 9.47 Å². The number of hydrogen-bond acceptors (Lipinski definition) is 6. The summed E-state index contributed by atoms with van der Waals surface area (Å²) >= 11 is 0. The van der Waals surface area contributed by atoms with Crippen molar-refractivity contribution in [3.05, 3.63) is 52.5 Å². The van der Waals surface area contributed by atoms with Crippen molar-refractivity contribution in [1.29, 1.82) is 0 Å². The molecule has 0 saturated heterocycles. The number of carbonyl (C=O) groups excluding carboxylic acids is 2. The lowest BCUT2D eigenvalue weighted by atomic mass is 9.95. The number of hydrogen-bond donors (Lipinski definition) is 0. The second kappa shape index (κ2) is 7.42. The van der Waals surface area contributed by atoms with Crippen molar-refractivity contribution in [3.63, 3.8) is 0 Å². The molecule has 1 aromatic carbocycles. The Hall–Kier alpha value is -3.22. The SMILES string of the molecule is COC(=O)c1cc(C(C)C)n2nc(C(=O)OC)c(-c3c(C)cccc3C)c2n1. The van der Waals surface area contributed by atoms with Gasteiger partial charge in [0.2, 0.25) is 0 Å². The van der Waals surface area contributed by atoms with E-state index in [9.17, 15) is 9.59 Å². The highest BCUT2D eigenvalue weighted by atomic mass is 16.5. The molecular weight excluding hydrogens is 358 g/mol. The van der Waals surface area contributed by atoms with E-state index in [0.29, 0.717) is 11.2 Å². The summed E-state index contributed by atoms with van der Waals surface area (Å²) in [6, 6.07) is 7.51. The highest BCUT2D eigenvalue weighted by molar-refractivity contribution is 6.01. The maximum Gasteiger partial charge on any atom is 0.359 e. The van der Waals surface area contributed by atoms with Gasteiger partial charge >= 0.3 is 11.9 Å². The monoisotopic (exact) mass is 381 g/mol. The molecule has 0 bridgehead atoms. The molecule has 0 saturated carbocycles. The van der Waals surface area contributed by atoms with Crippen molar-refractivity contribution >= 4 is 17.6 Å². The molecule has 2 heterocycles. The summed E-state index contributed by atoms with van der Waals surface area (Å²) < 4.78 is 11.5. The van der Waals surface area contributed by atoms with Crippen molar-refractivity contribution in [1.82, 2.24) is 14.6 Å². The first-order valence-electron chi connectivity index (χ1n) is 8.97. The van der Waals surface area contributed by atoms with Gasteiger partial charge in [-0.2, -0.15) is 5.10 Å². The van der Waals surface area contributed by atoms with Crippen LogP contribution in [0.1, 0.15) is 57.6 Å². The second-order valence-electron chi connectivity index (χ2n) is 6.93. The lowest BCUT2D eigenvalue weighted by Crippen LogP contribution is -2.11. The number of methoxy groups -OCH3 is 2. The molecule has 0 aliphatic carbocycles. The topological polar surface area (TPSA) is 82.8 Å². The van der Waals surface area contributed by atoms with E-state index in [1.165, 1.54) is 14.2 Å². The molecule has 7 heteroatoms. The predicted molar refractivity (Wildman–Crippen MR) is 105 cm³/mol. The van der Waals surface area contributed by atoms with Crippen LogP contribution in [0, 0.1) is 13.8 Å². The largest absolute Gasteiger partial charge is 0.464 e. The van der Waals surface area contributed by atoms with E-state index in [-0.39, 0.29) is 17.3 Å². The van der Waals surface area contributed by atoms with Crippen LogP contribution in [0.4, 0.5) is 0 Å². The van der Waals surface area contributed by atoms with Crippen LogP contribution in [0.3, 0.4) is 0 Å². The van der Waals surface area contributed by atoms with Crippen LogP contribution in [-0.4, -0.2) is 40.8 Å². The average molecular weight is 381 g/mol. The van der Waals surface area contributed by atoms with Crippen LogP contribution in [0.5, 0.6) is 0 Å². The fourth-order valence-corrected chi connectivity index (χ4v) is 3.34. The Balaban J connectivity index is 2.51. The number of aryl methyl sites for hydroxylation is 2. The van der Waals surface area contributed by atoms with Crippen LogP contribution in [0.25, 0.3) is 16.8 Å². The molecule has 0 atom stereocenters. The normalized spacial score (nSPS) is 11.1. The molecule has 0 aliphatic heterocycles. The number of rotatable bonds is 4. The van der Waals surface area contributed by atoms with E-state index in [1.54, 1.807) is 10.6 Å². The summed E-state index contributed by atoms with van der Waals surface area (Å²) in [5.41, 5.74) is 4.83. The van der Waals surface area contributed by atoms with Gasteiger partial charge in [0, 0.05) is 5.69 Å². The minimum atomic E-state index is -0.558. The molecule has 0 fully saturated rings. The smallest absolute Gasteiger partial charge is 0.359 e. The molecule has 7 nitrogen and oxygen atoms in total. The maximum absolute atomic E-state index is 12.5. The zero-order chi connectivity index (χ0) is 20.6. The third kappa shape index (κ3) is 3.13. The first kappa shape index (κ1) is 19.5. The van der Waals surface area contributed by atoms with Gasteiger partial charge in [-0.05, 0) is 42.5 Å². The summed E-state index contributed by atoms with van der Waals surface area (Å²) in [4.78, 5) is 29.2. The highest BCUT2D eigenvalue weighted by Crippen LogP contribution is 2.34. The van der Waals surface area contributed by atoms with Crippen LogP contribution in [0.2, 0.25) is 0 Å². The first-order chi connectivity index (χ1) is 13.3. The first-order valence-corrected chi connectivity index (χ1v) is 8.97. The Bertz CT molecular complexity index is 1060. The summed E-state index contributed by atoms with van der Waals surface area (Å²) in [7, 11) is 2.63. The summed E-state index contributed by atoms with van der Waals surface area (Å²) in [6.07, 6.45) is 0. The quantitative estimate of drug-likeness (QED) is 0.641. The highest BCUT2D eigenvalue weighted by Gasteiger charge is 2.27. The minimum absolute atomic E-state index is 0.0325. The van der Waals surface area contributed by atoms with Crippen molar-refractivity contribution in [2.45, 2.75) is 33.6 Å². The second-order valence-corrected chi connectivity index (χ2v) is 6.93. The van der Waals surface area contributed by atoms with Crippen LogP contribution >= 0.6 is 0 Å². The van der Waals surface area contributed by atoms with E-state index in [0.717, 1.165) is 22.4 Å². The zero-order valence-electron chi connectivity index (χ0n) is 16.9. The number of benzene rings is 1. The fourth-order valence-electron chi connectivity index (χ4n) is 3.34. The van der Waals surface area contributed by atoms with E-state index in [2.05, 4.69) is 10.1 Å². The molecule has 28 heavy (non-hydrogen) atoms. The lowest BCUT2D eigenvalue weighted by molar-refractivity contribution is 0.0585. The van der Waals surface area contributed by atoms with Gasteiger partial charge in [0.15, 0.2) is 17.0 Å². The number of aromatic nitrogens is 3. The van der Waals surface area contributed by atoms with E-state index in [4.69, 9.17) is 9.47 Å². The van der Waals surface area contributed by atoms with Gasteiger partial charge in [-0.15, -0.1) is 0 Å². The van der Waals surface area contributed by atoms with Gasteiger partial charge in [0.25, 0.3) is 0 Å². The molecule has 0 radical (unpaired) electrons. The molecule has 0 amide bonds. The van der Waals surface area contributed by atoms with Gasteiger partial charge in [0.1, 0.15) is 0 Å². The van der Waals surface area contributed by atoms with Crippen LogP contribution in [-0.2, 0) is 9.47 Å². The Morgan fingerprint density at radius 2 is 1.61 bits per heavy atom. The summed E-state index contributed by atoms with van der Waals surface area (Å²) in [5, 5.41) is 4.52. The molecule has 3 aromatic rings. The molecule has 0 N–H and O–H groups in total. The van der Waals surface area contributed by atoms with Crippen molar-refractivity contribution in [2.75, 3.05) is 14.2 Å². The molecule has 0 unspecified atom stereocenters. The molecule has 2 aromatic heterocycles. The van der Waals surface area contributed by atoms with Gasteiger partial charge in [0.05, 0.1) is 19.8 Å². The molecule has 0 spiro atoms. The Morgan fingerprint density at radius 1 is 1.00 bits per heavy atom. The Morgan fingerprint density at radius 3 is 2.14 bits per heavy atom. The molecule has 0 aliphatic rings. The van der Waals surface area contributed by atoms with Crippen LogP contribution < -0.4 is 0 Å². The number of nitrogens with zero attached hydrogens (tertiary/aromatic N) is 3. The Kier molecular flexibility index (Phi) is 5.18. The molecule has 3 rings (SSSR count). The molecular formula is C21H23N3O4. The minimum Gasteiger partial charge on any atom is -0.464 e. The summed E-state index contributed by atoms with van der Waals surface area (Å²) in [6.45, 7) is 7.88. The van der Waals surface area contributed by atoms with Crippen molar-refractivity contribution in [2.24, 2.45) is 0 Å². The van der Waals surface area contributed by atoms with Gasteiger partial charge in [-0.25, -0.2) is 19.1 Å². The van der Waals surface area contributed by atoms with Gasteiger partial charge in [-0.1, -0.05) is 32.0 Å². The van der Waals surface area contributed by atoms with E-state index in [1.807, 2.05) is 45.9 Å². The molecule has 146 valence electrons. The number of fused-ring (bicyclic) bond motifs is 1. The third-order valence-electron chi connectivity index (χ3n) is 4.71. The van der Waals surface area contributed by atoms with E-state index < -0.39 is 11.9 Å². The maximum atomic E-state index is 12.5. The predicted octanol–water partition coefficient (Wildman–Crippen LogP) is 3.71. The third-order valence-corrected chi connectivity index (χ3v) is 4.71. The number of ether oxygens (including phenoxy) is 2. The van der Waals surface area contributed by atoms with Crippen LogP contribution in [0.15, 0.2) is 24.3 Å². The fraction of sp³-hybridized carbons (Fsp3) is 0.333. The summed E-state index contributed by atoms with van der Waals surface area (Å²) in [5.74, 6) is -1.07.